The summed E-state index contributed by atoms with van der Waals surface area (Å²) in [4.78, 5) is 14.9. The summed E-state index contributed by atoms with van der Waals surface area (Å²) in [6.07, 6.45) is 2.05. The molecule has 1 aliphatic rings. The molecule has 0 saturated heterocycles. The zero-order chi connectivity index (χ0) is 18.8. The first-order chi connectivity index (χ1) is 13.2. The lowest BCUT2D eigenvalue weighted by atomic mass is 9.99. The molecule has 2 aromatic heterocycles. The number of fused-ring (bicyclic) bond motifs is 1. The molecule has 1 atom stereocenters. The Hall–Kier alpha value is -2.93. The van der Waals surface area contributed by atoms with Gasteiger partial charge in [-0.2, -0.15) is 0 Å². The number of urea groups is 1. The van der Waals surface area contributed by atoms with Crippen LogP contribution >= 0.6 is 11.3 Å². The first-order valence-electron chi connectivity index (χ1n) is 8.69. The maximum absolute atomic E-state index is 13.1. The summed E-state index contributed by atoms with van der Waals surface area (Å²) in [5.41, 5.74) is 1.99. The molecule has 0 saturated carbocycles. The lowest BCUT2D eigenvalue weighted by Gasteiger charge is -2.37. The van der Waals surface area contributed by atoms with Gasteiger partial charge in [0.2, 0.25) is 0 Å². The molecule has 1 N–H and O–H groups in total. The van der Waals surface area contributed by atoms with Crippen molar-refractivity contribution >= 4 is 22.4 Å². The van der Waals surface area contributed by atoms with E-state index in [1.807, 2.05) is 52.9 Å². The number of aromatic nitrogens is 1. The van der Waals surface area contributed by atoms with Gasteiger partial charge in [-0.1, -0.05) is 0 Å². The molecule has 4 rings (SSSR count). The topological polar surface area (TPSA) is 55.7 Å². The number of nitrogens with zero attached hydrogens (tertiary/aromatic N) is 2. The van der Waals surface area contributed by atoms with E-state index < -0.39 is 0 Å². The summed E-state index contributed by atoms with van der Waals surface area (Å²) >= 11 is 1.51. The van der Waals surface area contributed by atoms with Gasteiger partial charge in [0.25, 0.3) is 0 Å². The van der Waals surface area contributed by atoms with E-state index in [-0.39, 0.29) is 12.1 Å². The third-order valence-corrected chi connectivity index (χ3v) is 5.57. The van der Waals surface area contributed by atoms with E-state index in [0.29, 0.717) is 12.3 Å². The second-order valence-corrected chi connectivity index (χ2v) is 7.19. The van der Waals surface area contributed by atoms with Gasteiger partial charge in [-0.3, -0.25) is 5.32 Å². The number of benzene rings is 1. The van der Waals surface area contributed by atoms with Crippen molar-refractivity contribution in [2.75, 3.05) is 26.1 Å². The van der Waals surface area contributed by atoms with Crippen LogP contribution in [0.5, 0.6) is 11.5 Å². The van der Waals surface area contributed by atoms with Gasteiger partial charge in [-0.25, -0.2) is 4.79 Å². The molecule has 0 radical (unpaired) electrons. The van der Waals surface area contributed by atoms with Crippen LogP contribution in [0.4, 0.5) is 9.80 Å². The molecule has 1 aliphatic heterocycles. The summed E-state index contributed by atoms with van der Waals surface area (Å²) in [5.74, 6) is 1.42. The molecule has 2 amide bonds. The predicted molar refractivity (Wildman–Crippen MR) is 106 cm³/mol. The van der Waals surface area contributed by atoms with E-state index in [1.54, 1.807) is 14.2 Å². The molecule has 0 spiro atoms. The Morgan fingerprint density at radius 3 is 2.78 bits per heavy atom. The molecule has 0 aliphatic carbocycles. The molecule has 3 aromatic rings. The number of carbonyl (C=O) groups is 1. The lowest BCUT2D eigenvalue weighted by Crippen LogP contribution is -2.44. The van der Waals surface area contributed by atoms with Gasteiger partial charge in [0.1, 0.15) is 17.5 Å². The van der Waals surface area contributed by atoms with Crippen LogP contribution in [-0.4, -0.2) is 36.3 Å². The number of ether oxygens (including phenoxy) is 2. The second kappa shape index (κ2) is 7.36. The fourth-order valence-corrected chi connectivity index (χ4v) is 4.11. The van der Waals surface area contributed by atoms with Crippen molar-refractivity contribution in [3.05, 3.63) is 65.3 Å². The predicted octanol–water partition coefficient (Wildman–Crippen LogP) is 4.20. The summed E-state index contributed by atoms with van der Waals surface area (Å²) in [7, 11) is 3.26. The van der Waals surface area contributed by atoms with Crippen molar-refractivity contribution < 1.29 is 14.3 Å². The van der Waals surface area contributed by atoms with Gasteiger partial charge in [-0.15, -0.1) is 11.3 Å². The fraction of sp³-hybridized carbons (Fsp3) is 0.250. The van der Waals surface area contributed by atoms with Crippen LogP contribution < -0.4 is 14.8 Å². The quantitative estimate of drug-likeness (QED) is 0.734. The fourth-order valence-electron chi connectivity index (χ4n) is 3.50. The molecule has 1 aromatic carbocycles. The number of methoxy groups -OCH3 is 2. The number of rotatable bonds is 4. The van der Waals surface area contributed by atoms with Crippen LogP contribution in [-0.2, 0) is 6.54 Å². The minimum absolute atomic E-state index is 0.118. The zero-order valence-electron chi connectivity index (χ0n) is 15.2. The number of carbonyl (C=O) groups excluding carboxylic acids is 1. The number of anilines is 1. The lowest BCUT2D eigenvalue weighted by molar-refractivity contribution is 0.180. The van der Waals surface area contributed by atoms with Crippen molar-refractivity contribution in [1.29, 1.82) is 0 Å². The van der Waals surface area contributed by atoms with E-state index in [1.165, 1.54) is 11.3 Å². The molecule has 3 heterocycles. The highest BCUT2D eigenvalue weighted by Gasteiger charge is 2.34. The Morgan fingerprint density at radius 2 is 2.04 bits per heavy atom. The molecule has 0 fully saturated rings. The van der Waals surface area contributed by atoms with E-state index in [0.717, 1.165) is 28.6 Å². The van der Waals surface area contributed by atoms with Crippen LogP contribution in [0.25, 0.3) is 0 Å². The highest BCUT2D eigenvalue weighted by molar-refractivity contribution is 7.14. The van der Waals surface area contributed by atoms with Crippen LogP contribution in [0, 0.1) is 0 Å². The second-order valence-electron chi connectivity index (χ2n) is 6.24. The highest BCUT2D eigenvalue weighted by Crippen LogP contribution is 2.39. The first kappa shape index (κ1) is 17.5. The van der Waals surface area contributed by atoms with E-state index >= 15 is 0 Å². The van der Waals surface area contributed by atoms with Gasteiger partial charge in [0.15, 0.2) is 0 Å². The van der Waals surface area contributed by atoms with Crippen LogP contribution in [0.2, 0.25) is 0 Å². The summed E-state index contributed by atoms with van der Waals surface area (Å²) in [6.45, 7) is 1.37. The van der Waals surface area contributed by atoms with Gasteiger partial charge in [0, 0.05) is 36.6 Å². The van der Waals surface area contributed by atoms with Crippen LogP contribution in [0.1, 0.15) is 17.3 Å². The third kappa shape index (κ3) is 3.26. The normalized spacial score (nSPS) is 15.9. The Bertz CT molecular complexity index is 936. The Kier molecular flexibility index (Phi) is 4.77. The average molecular weight is 383 g/mol. The molecule has 0 bridgehead atoms. The van der Waals surface area contributed by atoms with E-state index in [9.17, 15) is 4.79 Å². The van der Waals surface area contributed by atoms with E-state index in [4.69, 9.17) is 9.47 Å². The van der Waals surface area contributed by atoms with Crippen LogP contribution in [0.15, 0.2) is 54.0 Å². The number of thiophene rings is 1. The molecule has 7 heteroatoms. The molecular weight excluding hydrogens is 362 g/mol. The van der Waals surface area contributed by atoms with Gasteiger partial charge < -0.3 is 18.9 Å². The first-order valence-corrected chi connectivity index (χ1v) is 9.57. The minimum atomic E-state index is -0.241. The highest BCUT2D eigenvalue weighted by atomic mass is 32.1. The van der Waals surface area contributed by atoms with Crippen molar-refractivity contribution in [3.8, 4) is 11.5 Å². The molecule has 27 heavy (non-hydrogen) atoms. The maximum atomic E-state index is 13.1. The van der Waals surface area contributed by atoms with Crippen LogP contribution in [0.3, 0.4) is 0 Å². The largest absolute Gasteiger partial charge is 0.497 e. The minimum Gasteiger partial charge on any atom is -0.497 e. The van der Waals surface area contributed by atoms with Crippen molar-refractivity contribution in [1.82, 2.24) is 9.47 Å². The number of hydrogen-bond acceptors (Lipinski definition) is 4. The molecule has 6 nitrogen and oxygen atoms in total. The smallest absolute Gasteiger partial charge is 0.323 e. The molecular formula is C20H21N3O3S. The summed E-state index contributed by atoms with van der Waals surface area (Å²) in [5, 5.41) is 5.79. The Balaban J connectivity index is 1.75. The van der Waals surface area contributed by atoms with Crippen molar-refractivity contribution in [2.24, 2.45) is 0 Å². The van der Waals surface area contributed by atoms with Crippen molar-refractivity contribution in [3.63, 3.8) is 0 Å². The van der Waals surface area contributed by atoms with Gasteiger partial charge in [0.05, 0.1) is 19.2 Å². The zero-order valence-corrected chi connectivity index (χ0v) is 16.0. The molecule has 0 unspecified atom stereocenters. The monoisotopic (exact) mass is 383 g/mol. The SMILES string of the molecule is COc1ccc([C@H]2c3cccn3CCN2C(=O)Nc2cccs2)c(OC)c1. The Labute approximate surface area is 161 Å². The van der Waals surface area contributed by atoms with E-state index in [2.05, 4.69) is 16.0 Å². The number of hydrogen-bond donors (Lipinski definition) is 1. The maximum Gasteiger partial charge on any atom is 0.323 e. The van der Waals surface area contributed by atoms with Crippen molar-refractivity contribution in [2.45, 2.75) is 12.6 Å². The number of amides is 2. The number of nitrogens with one attached hydrogen (secondary N) is 1. The summed E-state index contributed by atoms with van der Waals surface area (Å²) < 4.78 is 13.1. The third-order valence-electron chi connectivity index (χ3n) is 4.79. The van der Waals surface area contributed by atoms with Gasteiger partial charge in [-0.05, 0) is 41.8 Å². The molecule has 140 valence electrons. The summed E-state index contributed by atoms with van der Waals surface area (Å²) in [6, 6.07) is 13.3. The Morgan fingerprint density at radius 1 is 1.15 bits per heavy atom. The van der Waals surface area contributed by atoms with Gasteiger partial charge >= 0.3 is 6.03 Å². The standard InChI is InChI=1S/C20H21N3O3S/c1-25-14-7-8-15(17(13-14)26-2)19-16-5-3-9-22(16)10-11-23(19)20(24)21-18-6-4-12-27-18/h3-9,12-13,19H,10-11H2,1-2H3,(H,21,24)/t19-/m0/s1. The average Bonchev–Trinajstić information content (AvgIpc) is 3.38.